The summed E-state index contributed by atoms with van der Waals surface area (Å²) < 4.78 is 26.7. The van der Waals surface area contributed by atoms with E-state index in [1.54, 1.807) is 11.0 Å². The second kappa shape index (κ2) is 7.86. The first-order valence-electron chi connectivity index (χ1n) is 8.32. The molecule has 0 bridgehead atoms. The van der Waals surface area contributed by atoms with Crippen LogP contribution in [-0.4, -0.2) is 52.7 Å². The van der Waals surface area contributed by atoms with E-state index in [2.05, 4.69) is 24.3 Å². The Kier molecular flexibility index (Phi) is 6.10. The molecule has 23 heavy (non-hydrogen) atoms. The summed E-state index contributed by atoms with van der Waals surface area (Å²) in [5, 5.41) is 7.34. The largest absolute Gasteiger partial charge is 0.347 e. The van der Waals surface area contributed by atoms with Gasteiger partial charge in [-0.2, -0.15) is 5.10 Å². The van der Waals surface area contributed by atoms with Gasteiger partial charge in [-0.25, -0.2) is 8.78 Å². The number of hydrogen-bond donors (Lipinski definition) is 1. The molecule has 5 nitrogen and oxygen atoms in total. The third kappa shape index (κ3) is 4.50. The Morgan fingerprint density at radius 3 is 2.74 bits per heavy atom. The van der Waals surface area contributed by atoms with E-state index in [-0.39, 0.29) is 18.5 Å². The van der Waals surface area contributed by atoms with Crippen molar-refractivity contribution < 1.29 is 13.6 Å². The Morgan fingerprint density at radius 1 is 1.43 bits per heavy atom. The zero-order valence-electron chi connectivity index (χ0n) is 14.1. The molecule has 0 radical (unpaired) electrons. The number of carbonyl (C=O) groups is 1. The maximum absolute atomic E-state index is 12.4. The molecule has 1 atom stereocenters. The molecule has 130 valence electrons. The maximum atomic E-state index is 12.4. The van der Waals surface area contributed by atoms with Crippen LogP contribution in [0, 0.1) is 6.92 Å². The Labute approximate surface area is 136 Å². The molecule has 1 aliphatic heterocycles. The SMILES string of the molecule is CCC(CC)n1nc(C(=O)NC2CCN(CC(F)F)C2)cc1C. The molecule has 2 heterocycles. The van der Waals surface area contributed by atoms with Crippen LogP contribution in [0.1, 0.15) is 55.3 Å². The molecule has 1 unspecified atom stereocenters. The van der Waals surface area contributed by atoms with E-state index < -0.39 is 6.43 Å². The smallest absolute Gasteiger partial charge is 0.272 e. The van der Waals surface area contributed by atoms with Crippen LogP contribution < -0.4 is 5.32 Å². The molecule has 1 aliphatic rings. The van der Waals surface area contributed by atoms with Crippen molar-refractivity contribution in [2.24, 2.45) is 0 Å². The van der Waals surface area contributed by atoms with Gasteiger partial charge in [-0.05, 0) is 32.3 Å². The van der Waals surface area contributed by atoms with Gasteiger partial charge in [-0.1, -0.05) is 13.8 Å². The quantitative estimate of drug-likeness (QED) is 0.837. The molecule has 0 aliphatic carbocycles. The molecule has 1 saturated heterocycles. The van der Waals surface area contributed by atoms with Gasteiger partial charge in [0.25, 0.3) is 12.3 Å². The van der Waals surface area contributed by atoms with Gasteiger partial charge in [0.2, 0.25) is 0 Å². The summed E-state index contributed by atoms with van der Waals surface area (Å²) in [6, 6.07) is 2.00. The van der Waals surface area contributed by atoms with Crippen molar-refractivity contribution >= 4 is 5.91 Å². The van der Waals surface area contributed by atoms with Crippen LogP contribution in [0.3, 0.4) is 0 Å². The number of carbonyl (C=O) groups excluding carboxylic acids is 1. The predicted octanol–water partition coefficient (Wildman–Crippen LogP) is 2.62. The number of aryl methyl sites for hydroxylation is 1. The number of halogens is 2. The lowest BCUT2D eigenvalue weighted by atomic mass is 10.2. The number of nitrogens with one attached hydrogen (secondary N) is 1. The molecule has 1 amide bonds. The van der Waals surface area contributed by atoms with Crippen molar-refractivity contribution in [2.75, 3.05) is 19.6 Å². The summed E-state index contributed by atoms with van der Waals surface area (Å²) in [6.07, 6.45) is 0.296. The Balaban J connectivity index is 1.95. The van der Waals surface area contributed by atoms with Crippen molar-refractivity contribution in [1.29, 1.82) is 0 Å². The Bertz CT molecular complexity index is 528. The van der Waals surface area contributed by atoms with E-state index in [1.807, 2.05) is 11.6 Å². The summed E-state index contributed by atoms with van der Waals surface area (Å²) in [7, 11) is 0. The topological polar surface area (TPSA) is 50.2 Å². The zero-order valence-corrected chi connectivity index (χ0v) is 14.1. The van der Waals surface area contributed by atoms with Crippen LogP contribution in [-0.2, 0) is 0 Å². The maximum Gasteiger partial charge on any atom is 0.272 e. The van der Waals surface area contributed by atoms with E-state index in [0.717, 1.165) is 18.5 Å². The van der Waals surface area contributed by atoms with Gasteiger partial charge in [-0.3, -0.25) is 14.4 Å². The zero-order chi connectivity index (χ0) is 17.0. The van der Waals surface area contributed by atoms with Crippen LogP contribution in [0.4, 0.5) is 8.78 Å². The van der Waals surface area contributed by atoms with E-state index in [1.165, 1.54) is 0 Å². The summed E-state index contributed by atoms with van der Waals surface area (Å²) in [5.74, 6) is -0.221. The Morgan fingerprint density at radius 2 is 2.13 bits per heavy atom. The van der Waals surface area contributed by atoms with Crippen LogP contribution in [0.5, 0.6) is 0 Å². The fraction of sp³-hybridized carbons (Fsp3) is 0.750. The molecule has 1 aromatic heterocycles. The Hall–Kier alpha value is -1.50. The van der Waals surface area contributed by atoms with Gasteiger partial charge in [0.15, 0.2) is 0 Å². The monoisotopic (exact) mass is 328 g/mol. The molecule has 1 fully saturated rings. The second-order valence-electron chi connectivity index (χ2n) is 6.20. The first-order chi connectivity index (χ1) is 10.9. The molecule has 0 saturated carbocycles. The molecule has 7 heteroatoms. The summed E-state index contributed by atoms with van der Waals surface area (Å²) in [6.45, 7) is 6.99. The minimum atomic E-state index is -2.33. The fourth-order valence-corrected chi connectivity index (χ4v) is 3.17. The van der Waals surface area contributed by atoms with E-state index in [9.17, 15) is 13.6 Å². The third-order valence-corrected chi connectivity index (χ3v) is 4.45. The molecule has 1 aromatic rings. The van der Waals surface area contributed by atoms with Gasteiger partial charge in [0, 0.05) is 24.8 Å². The molecule has 1 N–H and O–H groups in total. The van der Waals surface area contributed by atoms with Crippen LogP contribution in [0.15, 0.2) is 6.07 Å². The molecule has 0 aromatic carbocycles. The van der Waals surface area contributed by atoms with Crippen molar-refractivity contribution in [2.45, 2.75) is 58.5 Å². The van der Waals surface area contributed by atoms with Crippen molar-refractivity contribution in [3.63, 3.8) is 0 Å². The second-order valence-corrected chi connectivity index (χ2v) is 6.20. The first kappa shape index (κ1) is 17.8. The van der Waals surface area contributed by atoms with Gasteiger partial charge in [0.05, 0.1) is 12.6 Å². The fourth-order valence-electron chi connectivity index (χ4n) is 3.17. The van der Waals surface area contributed by atoms with Gasteiger partial charge < -0.3 is 5.32 Å². The standard InChI is InChI=1S/C16H26F2N4O/c1-4-13(5-2)22-11(3)8-14(20-22)16(23)19-12-6-7-21(9-12)10-15(17)18/h8,12-13,15H,4-7,9-10H2,1-3H3,(H,19,23). The lowest BCUT2D eigenvalue weighted by Gasteiger charge is -2.16. The molecule has 2 rings (SSSR count). The number of alkyl halides is 2. The molecule has 0 spiro atoms. The highest BCUT2D eigenvalue weighted by Crippen LogP contribution is 2.18. The van der Waals surface area contributed by atoms with Gasteiger partial charge in [-0.15, -0.1) is 0 Å². The average molecular weight is 328 g/mol. The highest BCUT2D eigenvalue weighted by Gasteiger charge is 2.27. The van der Waals surface area contributed by atoms with Gasteiger partial charge >= 0.3 is 0 Å². The highest BCUT2D eigenvalue weighted by molar-refractivity contribution is 5.92. The number of aromatic nitrogens is 2. The predicted molar refractivity (Wildman–Crippen MR) is 84.9 cm³/mol. The van der Waals surface area contributed by atoms with Crippen molar-refractivity contribution in [3.05, 3.63) is 17.5 Å². The van der Waals surface area contributed by atoms with Crippen LogP contribution in [0.25, 0.3) is 0 Å². The van der Waals surface area contributed by atoms with E-state index >= 15 is 0 Å². The number of hydrogen-bond acceptors (Lipinski definition) is 3. The third-order valence-electron chi connectivity index (χ3n) is 4.45. The van der Waals surface area contributed by atoms with Crippen LogP contribution in [0.2, 0.25) is 0 Å². The summed E-state index contributed by atoms with van der Waals surface area (Å²) in [5.41, 5.74) is 1.37. The minimum absolute atomic E-state index is 0.0835. The van der Waals surface area contributed by atoms with Crippen LogP contribution >= 0.6 is 0 Å². The summed E-state index contributed by atoms with van der Waals surface area (Å²) >= 11 is 0. The lowest BCUT2D eigenvalue weighted by Crippen LogP contribution is -2.38. The van der Waals surface area contributed by atoms with E-state index in [0.29, 0.717) is 31.2 Å². The number of likely N-dealkylation sites (tertiary alicyclic amines) is 1. The molecular weight excluding hydrogens is 302 g/mol. The van der Waals surface area contributed by atoms with Crippen molar-refractivity contribution in [1.82, 2.24) is 20.0 Å². The first-order valence-corrected chi connectivity index (χ1v) is 8.32. The number of rotatable bonds is 7. The average Bonchev–Trinajstić information content (AvgIpc) is 3.07. The minimum Gasteiger partial charge on any atom is -0.347 e. The molecular formula is C16H26F2N4O. The number of amides is 1. The van der Waals surface area contributed by atoms with E-state index in [4.69, 9.17) is 0 Å². The summed E-state index contributed by atoms with van der Waals surface area (Å²) in [4.78, 5) is 14.0. The normalized spacial score (nSPS) is 19.0. The highest BCUT2D eigenvalue weighted by atomic mass is 19.3. The van der Waals surface area contributed by atoms with Gasteiger partial charge in [0.1, 0.15) is 5.69 Å². The lowest BCUT2D eigenvalue weighted by molar-refractivity contribution is 0.0913. The van der Waals surface area contributed by atoms with Crippen molar-refractivity contribution in [3.8, 4) is 0 Å². The number of nitrogens with zero attached hydrogens (tertiary/aromatic N) is 3.